The van der Waals surface area contributed by atoms with Crippen molar-refractivity contribution < 1.29 is 72.4 Å². The largest absolute Gasteiger partial charge is 0.462 e. The fraction of sp³-hybridized carbons (Fsp3) is 0.800. The van der Waals surface area contributed by atoms with Gasteiger partial charge < -0.3 is 62.9 Å². The summed E-state index contributed by atoms with van der Waals surface area (Å²) < 4.78 is 48.2. The maximum Gasteiger partial charge on any atom is 0.309 e. The van der Waals surface area contributed by atoms with Gasteiger partial charge in [0, 0.05) is 39.7 Å². The molecule has 0 aromatic rings. The Morgan fingerprint density at radius 3 is 2.30 bits per heavy atom. The second kappa shape index (κ2) is 21.8. The Kier molecular flexibility index (Phi) is 18.5. The topological polar surface area (TPSA) is 206 Å². The first-order valence-electron chi connectivity index (χ1n) is 19.6. The second-order valence-electron chi connectivity index (χ2n) is 15.7. The van der Waals surface area contributed by atoms with Crippen molar-refractivity contribution in [3.63, 3.8) is 0 Å². The van der Waals surface area contributed by atoms with Crippen LogP contribution in [0.2, 0.25) is 0 Å². The van der Waals surface area contributed by atoms with Crippen LogP contribution in [0.4, 0.5) is 0 Å². The summed E-state index contributed by atoms with van der Waals surface area (Å²) in [6, 6.07) is -0.778. The number of esters is 3. The molecule has 56 heavy (non-hydrogen) atoms. The van der Waals surface area contributed by atoms with Crippen LogP contribution in [0.3, 0.4) is 0 Å². The fourth-order valence-corrected chi connectivity index (χ4v) is 7.78. The Hall–Kier alpha value is -2.80. The van der Waals surface area contributed by atoms with Crippen molar-refractivity contribution in [2.24, 2.45) is 11.8 Å². The maximum atomic E-state index is 13.2. The van der Waals surface area contributed by atoms with E-state index in [9.17, 15) is 34.5 Å². The van der Waals surface area contributed by atoms with E-state index >= 15 is 0 Å². The third kappa shape index (κ3) is 13.1. The Bertz CT molecular complexity index is 1340. The standard InChI is InChI=1S/C40H65NO15/c1-11-30(45)54-38-25(5)51-32(21-40(38,7)48)55-35-24(4)52-39(34(47)33(35)41(8)9)56-36-27(17-18-42)19-22(2)28(44)16-14-12-13-15-23(3)50-31(46)20-29(37(36)49-10)53-26(6)43/h12-14,16,18,22-25,27-29,32-39,44,47-48H,11,15,17,19-21H2,1-10H3/b13-12+,16-14+/t22-,23-,24-,25+,27+,28+,29-,32+,33+,34+,35-,36+,37+,38+,39+,40-/m1/s1. The van der Waals surface area contributed by atoms with Gasteiger partial charge in [-0.3, -0.25) is 14.4 Å². The Balaban J connectivity index is 2.00. The van der Waals surface area contributed by atoms with Crippen molar-refractivity contribution in [2.75, 3.05) is 21.2 Å². The summed E-state index contributed by atoms with van der Waals surface area (Å²) in [6.07, 6.45) is -4.12. The van der Waals surface area contributed by atoms with Gasteiger partial charge in [0.1, 0.15) is 42.4 Å². The summed E-state index contributed by atoms with van der Waals surface area (Å²) in [5, 5.41) is 34.4. The number of hydrogen-bond acceptors (Lipinski definition) is 16. The van der Waals surface area contributed by atoms with Crippen molar-refractivity contribution in [3.8, 4) is 0 Å². The molecule has 2 fully saturated rings. The van der Waals surface area contributed by atoms with Crippen molar-refractivity contribution in [1.29, 1.82) is 0 Å². The third-order valence-electron chi connectivity index (χ3n) is 10.6. The van der Waals surface area contributed by atoms with Gasteiger partial charge in [0.15, 0.2) is 18.7 Å². The number of allylic oxidation sites excluding steroid dienone is 2. The predicted octanol–water partition coefficient (Wildman–Crippen LogP) is 2.38. The molecule has 16 heteroatoms. The van der Waals surface area contributed by atoms with Gasteiger partial charge in [-0.2, -0.15) is 0 Å². The number of likely N-dealkylation sites (N-methyl/N-ethyl adjacent to an activating group) is 1. The monoisotopic (exact) mass is 799 g/mol. The molecule has 2 saturated heterocycles. The highest BCUT2D eigenvalue weighted by Crippen LogP contribution is 2.37. The molecule has 0 aromatic carbocycles. The van der Waals surface area contributed by atoms with E-state index in [4.69, 9.17) is 37.9 Å². The minimum Gasteiger partial charge on any atom is -0.462 e. The zero-order valence-electron chi connectivity index (χ0n) is 34.5. The number of carbonyl (C=O) groups excluding carboxylic acids is 4. The summed E-state index contributed by atoms with van der Waals surface area (Å²) in [5.41, 5.74) is -1.49. The number of ether oxygens (including phenoxy) is 8. The number of aldehydes is 1. The SMILES string of the molecule is CCC(=O)O[C@H]1[C@H](C)O[C@@H](O[C@H]2[C@@H](N(C)C)[C@H](O)[C@H](O[C@H]3[C@@H](CC=O)C[C@@H](C)[C@@H](O)/C=C/C=C/C[C@@H](C)OC(=O)C[C@@H](OC(C)=O)[C@@H]3OC)O[C@@H]2C)C[C@@]1(C)O. The molecule has 320 valence electrons. The van der Waals surface area contributed by atoms with Gasteiger partial charge in [-0.1, -0.05) is 38.2 Å². The van der Waals surface area contributed by atoms with E-state index in [0.29, 0.717) is 12.7 Å². The number of aliphatic hydroxyl groups excluding tert-OH is 2. The van der Waals surface area contributed by atoms with E-state index in [2.05, 4.69) is 0 Å². The summed E-state index contributed by atoms with van der Waals surface area (Å²) in [4.78, 5) is 51.7. The van der Waals surface area contributed by atoms with E-state index in [1.54, 1.807) is 77.9 Å². The van der Waals surface area contributed by atoms with Crippen LogP contribution in [-0.2, 0) is 57.1 Å². The summed E-state index contributed by atoms with van der Waals surface area (Å²) in [5.74, 6) is -2.92. The van der Waals surface area contributed by atoms with Crippen LogP contribution in [0.1, 0.15) is 87.0 Å². The molecule has 3 rings (SSSR count). The zero-order valence-corrected chi connectivity index (χ0v) is 34.5. The van der Waals surface area contributed by atoms with E-state index in [0.717, 1.165) is 0 Å². The van der Waals surface area contributed by atoms with Gasteiger partial charge in [0.2, 0.25) is 0 Å². The second-order valence-corrected chi connectivity index (χ2v) is 15.7. The molecule has 0 bridgehead atoms. The number of cyclic esters (lactones) is 1. The van der Waals surface area contributed by atoms with Crippen LogP contribution in [0.5, 0.6) is 0 Å². The first kappa shape index (κ1) is 47.6. The average Bonchev–Trinajstić information content (AvgIpc) is 3.09. The van der Waals surface area contributed by atoms with Crippen LogP contribution >= 0.6 is 0 Å². The quantitative estimate of drug-likeness (QED) is 0.156. The summed E-state index contributed by atoms with van der Waals surface area (Å²) in [7, 11) is 4.85. The van der Waals surface area contributed by atoms with Gasteiger partial charge in [-0.05, 0) is 60.0 Å². The lowest BCUT2D eigenvalue weighted by molar-refractivity contribution is -0.344. The highest BCUT2D eigenvalue weighted by Gasteiger charge is 2.53. The van der Waals surface area contributed by atoms with E-state index < -0.39 is 121 Å². The Labute approximate surface area is 330 Å². The number of carbonyl (C=O) groups is 4. The van der Waals surface area contributed by atoms with Gasteiger partial charge in [-0.15, -0.1) is 0 Å². The molecule has 3 aliphatic rings. The Morgan fingerprint density at radius 2 is 1.71 bits per heavy atom. The lowest BCUT2D eigenvalue weighted by Gasteiger charge is -2.50. The van der Waals surface area contributed by atoms with E-state index in [1.165, 1.54) is 14.0 Å². The molecule has 0 unspecified atom stereocenters. The number of methoxy groups -OCH3 is 1. The minimum absolute atomic E-state index is 0.0440. The summed E-state index contributed by atoms with van der Waals surface area (Å²) in [6.45, 7) is 11.3. The zero-order chi connectivity index (χ0) is 41.9. The molecule has 0 spiro atoms. The highest BCUT2D eigenvalue weighted by molar-refractivity contribution is 5.72. The van der Waals surface area contributed by atoms with Gasteiger partial charge in [0.25, 0.3) is 0 Å². The number of rotatable bonds is 11. The highest BCUT2D eigenvalue weighted by atomic mass is 16.7. The van der Waals surface area contributed by atoms with Crippen molar-refractivity contribution in [2.45, 2.75) is 172 Å². The lowest BCUT2D eigenvalue weighted by Crippen LogP contribution is -2.66. The van der Waals surface area contributed by atoms with E-state index in [1.807, 2.05) is 6.92 Å². The van der Waals surface area contributed by atoms with Gasteiger partial charge in [0.05, 0.1) is 36.9 Å². The number of hydrogen-bond donors (Lipinski definition) is 3. The normalized spacial score (nSPS) is 41.6. The van der Waals surface area contributed by atoms with Crippen LogP contribution in [-0.4, -0.2) is 151 Å². The molecule has 0 aliphatic carbocycles. The fourth-order valence-electron chi connectivity index (χ4n) is 7.78. The van der Waals surface area contributed by atoms with Crippen LogP contribution in [0, 0.1) is 11.8 Å². The molecular weight excluding hydrogens is 734 g/mol. The van der Waals surface area contributed by atoms with Crippen molar-refractivity contribution in [1.82, 2.24) is 4.90 Å². The molecule has 3 aliphatic heterocycles. The molecule has 0 radical (unpaired) electrons. The third-order valence-corrected chi connectivity index (χ3v) is 10.6. The number of nitrogens with zero attached hydrogens (tertiary/aromatic N) is 1. The van der Waals surface area contributed by atoms with Gasteiger partial charge >= 0.3 is 17.9 Å². The van der Waals surface area contributed by atoms with Crippen LogP contribution in [0.15, 0.2) is 24.3 Å². The molecule has 16 nitrogen and oxygen atoms in total. The molecule has 16 atom stereocenters. The van der Waals surface area contributed by atoms with Crippen molar-refractivity contribution in [3.05, 3.63) is 24.3 Å². The lowest BCUT2D eigenvalue weighted by atomic mass is 9.82. The van der Waals surface area contributed by atoms with Crippen molar-refractivity contribution >= 4 is 24.2 Å². The molecule has 0 saturated carbocycles. The first-order valence-corrected chi connectivity index (χ1v) is 19.6. The molecule has 0 aromatic heterocycles. The Morgan fingerprint density at radius 1 is 1.02 bits per heavy atom. The molecule has 3 N–H and O–H groups in total. The van der Waals surface area contributed by atoms with Crippen LogP contribution in [0.25, 0.3) is 0 Å². The van der Waals surface area contributed by atoms with Gasteiger partial charge in [-0.25, -0.2) is 0 Å². The summed E-state index contributed by atoms with van der Waals surface area (Å²) >= 11 is 0. The predicted molar refractivity (Wildman–Crippen MR) is 201 cm³/mol. The molecular formula is C40H65NO15. The number of aliphatic hydroxyl groups is 3. The van der Waals surface area contributed by atoms with E-state index in [-0.39, 0.29) is 25.7 Å². The van der Waals surface area contributed by atoms with Crippen LogP contribution < -0.4 is 0 Å². The first-order chi connectivity index (χ1) is 26.3. The molecule has 3 heterocycles. The molecule has 0 amide bonds. The minimum atomic E-state index is -1.49. The average molecular weight is 800 g/mol. The maximum absolute atomic E-state index is 13.2. The smallest absolute Gasteiger partial charge is 0.309 e.